The molecule has 2 aromatic heterocycles. The van der Waals surface area contributed by atoms with E-state index in [0.717, 1.165) is 21.9 Å². The number of H-pyrrole nitrogens is 1. The number of rotatable bonds is 3. The Kier molecular flexibility index (Phi) is 4.13. The van der Waals surface area contributed by atoms with Crippen LogP contribution in [0.25, 0.3) is 11.2 Å². The van der Waals surface area contributed by atoms with Gasteiger partial charge >= 0.3 is 0 Å². The van der Waals surface area contributed by atoms with Gasteiger partial charge in [-0.2, -0.15) is 0 Å². The van der Waals surface area contributed by atoms with Gasteiger partial charge in [0, 0.05) is 12.2 Å². The quantitative estimate of drug-likeness (QED) is 0.783. The maximum Gasteiger partial charge on any atom is 0.179 e. The molecule has 0 aliphatic heterocycles. The average Bonchev–Trinajstić information content (AvgIpc) is 2.75. The monoisotopic (exact) mass is 309 g/mol. The number of fused-ring (bicyclic) bond motifs is 1. The highest BCUT2D eigenvalue weighted by atomic mass is 35.5. The first-order valence-corrected chi connectivity index (χ1v) is 8.23. The largest absolute Gasteiger partial charge is 0.329 e. The third-order valence-corrected chi connectivity index (χ3v) is 4.91. The number of pyridine rings is 1. The van der Waals surface area contributed by atoms with Crippen molar-refractivity contribution in [1.82, 2.24) is 14.5 Å². The maximum atomic E-state index is 5.99. The van der Waals surface area contributed by atoms with Gasteiger partial charge in [-0.05, 0) is 49.9 Å². The average molecular weight is 310 g/mol. The Morgan fingerprint density at radius 2 is 2.15 bits per heavy atom. The molecule has 2 aromatic rings. The van der Waals surface area contributed by atoms with E-state index in [1.807, 2.05) is 6.07 Å². The van der Waals surface area contributed by atoms with Crippen LogP contribution in [-0.2, 0) is 0 Å². The van der Waals surface area contributed by atoms with Crippen LogP contribution in [0.15, 0.2) is 12.3 Å². The molecular formula is C15H20ClN3S. The summed E-state index contributed by atoms with van der Waals surface area (Å²) in [5.41, 5.74) is 1.89. The molecule has 1 fully saturated rings. The van der Waals surface area contributed by atoms with Crippen LogP contribution in [0.1, 0.15) is 51.5 Å². The van der Waals surface area contributed by atoms with E-state index >= 15 is 0 Å². The Morgan fingerprint density at radius 3 is 2.85 bits per heavy atom. The minimum Gasteiger partial charge on any atom is -0.329 e. The summed E-state index contributed by atoms with van der Waals surface area (Å²) in [5.74, 6) is 0.901. The number of imidazole rings is 1. The van der Waals surface area contributed by atoms with E-state index in [1.165, 1.54) is 38.5 Å². The lowest BCUT2D eigenvalue weighted by Gasteiger charge is -2.29. The van der Waals surface area contributed by atoms with E-state index in [9.17, 15) is 0 Å². The van der Waals surface area contributed by atoms with E-state index in [4.69, 9.17) is 23.8 Å². The first-order valence-electron chi connectivity index (χ1n) is 7.44. The molecule has 0 bridgehead atoms. The van der Waals surface area contributed by atoms with Crippen LogP contribution in [-0.4, -0.2) is 14.5 Å². The summed E-state index contributed by atoms with van der Waals surface area (Å²) in [6.07, 6.45) is 9.38. The van der Waals surface area contributed by atoms with Crippen LogP contribution in [0.3, 0.4) is 0 Å². The SMILES string of the molecule is CCCC1CCC(n2c(=S)[nH]c3cc(Cl)cnc32)CC1. The van der Waals surface area contributed by atoms with Gasteiger partial charge in [0.15, 0.2) is 10.4 Å². The molecule has 0 saturated heterocycles. The van der Waals surface area contributed by atoms with Crippen molar-refractivity contribution < 1.29 is 0 Å². The Morgan fingerprint density at radius 1 is 1.40 bits per heavy atom. The second-order valence-electron chi connectivity index (χ2n) is 5.79. The molecule has 1 N–H and O–H groups in total. The number of hydrogen-bond donors (Lipinski definition) is 1. The van der Waals surface area contributed by atoms with Crippen molar-refractivity contribution in [2.24, 2.45) is 5.92 Å². The minimum absolute atomic E-state index is 0.484. The second-order valence-corrected chi connectivity index (χ2v) is 6.61. The summed E-state index contributed by atoms with van der Waals surface area (Å²) in [6.45, 7) is 2.27. The number of nitrogens with zero attached hydrogens (tertiary/aromatic N) is 2. The van der Waals surface area contributed by atoms with Crippen molar-refractivity contribution in [3.05, 3.63) is 22.1 Å². The summed E-state index contributed by atoms with van der Waals surface area (Å²) >= 11 is 11.5. The smallest absolute Gasteiger partial charge is 0.179 e. The van der Waals surface area contributed by atoms with Crippen LogP contribution >= 0.6 is 23.8 Å². The Labute approximate surface area is 129 Å². The molecule has 108 valence electrons. The predicted molar refractivity (Wildman–Crippen MR) is 85.8 cm³/mol. The molecule has 1 aliphatic carbocycles. The lowest BCUT2D eigenvalue weighted by molar-refractivity contribution is 0.264. The minimum atomic E-state index is 0.484. The van der Waals surface area contributed by atoms with Crippen LogP contribution in [0.2, 0.25) is 5.02 Å². The third-order valence-electron chi connectivity index (χ3n) is 4.40. The summed E-state index contributed by atoms with van der Waals surface area (Å²) in [7, 11) is 0. The fourth-order valence-electron chi connectivity index (χ4n) is 3.43. The highest BCUT2D eigenvalue weighted by Crippen LogP contribution is 2.36. The lowest BCUT2D eigenvalue weighted by Crippen LogP contribution is -2.18. The van der Waals surface area contributed by atoms with Crippen LogP contribution in [0.5, 0.6) is 0 Å². The molecule has 20 heavy (non-hydrogen) atoms. The summed E-state index contributed by atoms with van der Waals surface area (Å²) < 4.78 is 2.97. The third kappa shape index (κ3) is 2.63. The van der Waals surface area contributed by atoms with Gasteiger partial charge in [-0.1, -0.05) is 31.4 Å². The van der Waals surface area contributed by atoms with Crippen molar-refractivity contribution in [2.45, 2.75) is 51.5 Å². The molecule has 5 heteroatoms. The number of aromatic nitrogens is 3. The highest BCUT2D eigenvalue weighted by Gasteiger charge is 2.24. The number of halogens is 1. The molecule has 0 radical (unpaired) electrons. The summed E-state index contributed by atoms with van der Waals surface area (Å²) in [6, 6.07) is 2.39. The van der Waals surface area contributed by atoms with E-state index in [-0.39, 0.29) is 0 Å². The van der Waals surface area contributed by atoms with E-state index in [1.54, 1.807) is 6.20 Å². The molecular weight excluding hydrogens is 290 g/mol. The molecule has 0 aromatic carbocycles. The molecule has 3 rings (SSSR count). The Balaban J connectivity index is 1.88. The second kappa shape index (κ2) is 5.86. The highest BCUT2D eigenvalue weighted by molar-refractivity contribution is 7.71. The van der Waals surface area contributed by atoms with Gasteiger partial charge in [-0.25, -0.2) is 4.98 Å². The van der Waals surface area contributed by atoms with Crippen molar-refractivity contribution in [2.75, 3.05) is 0 Å². The zero-order valence-corrected chi connectivity index (χ0v) is 13.3. The molecule has 3 nitrogen and oxygen atoms in total. The van der Waals surface area contributed by atoms with Crippen molar-refractivity contribution in [3.8, 4) is 0 Å². The number of hydrogen-bond acceptors (Lipinski definition) is 2. The molecule has 1 aliphatic rings. The van der Waals surface area contributed by atoms with E-state index in [0.29, 0.717) is 11.1 Å². The molecule has 1 saturated carbocycles. The molecule has 0 atom stereocenters. The van der Waals surface area contributed by atoms with Crippen molar-refractivity contribution >= 4 is 35.0 Å². The van der Waals surface area contributed by atoms with Gasteiger partial charge in [-0.3, -0.25) is 4.57 Å². The summed E-state index contributed by atoms with van der Waals surface area (Å²) in [5, 5.41) is 0.646. The lowest BCUT2D eigenvalue weighted by atomic mass is 9.83. The summed E-state index contributed by atoms with van der Waals surface area (Å²) in [4.78, 5) is 7.70. The standard InChI is InChI=1S/C15H20ClN3S/c1-2-3-10-4-6-12(7-5-10)19-14-13(18-15(19)20)8-11(16)9-17-14/h8-10,12H,2-7H2,1H3,(H,18,20). The fourth-order valence-corrected chi connectivity index (χ4v) is 3.93. The van der Waals surface area contributed by atoms with Gasteiger partial charge in [0.1, 0.15) is 0 Å². The van der Waals surface area contributed by atoms with Gasteiger partial charge in [0.05, 0.1) is 10.5 Å². The van der Waals surface area contributed by atoms with Gasteiger partial charge in [-0.15, -0.1) is 0 Å². The predicted octanol–water partition coefficient (Wildman–Crippen LogP) is 5.28. The zero-order valence-electron chi connectivity index (χ0n) is 11.7. The van der Waals surface area contributed by atoms with Gasteiger partial charge < -0.3 is 4.98 Å². The van der Waals surface area contributed by atoms with Gasteiger partial charge in [0.2, 0.25) is 0 Å². The molecule has 0 unspecified atom stereocenters. The topological polar surface area (TPSA) is 33.6 Å². The maximum absolute atomic E-state index is 5.99. The number of nitrogens with one attached hydrogen (secondary N) is 1. The fraction of sp³-hybridized carbons (Fsp3) is 0.600. The van der Waals surface area contributed by atoms with Gasteiger partial charge in [0.25, 0.3) is 0 Å². The van der Waals surface area contributed by atoms with Crippen LogP contribution in [0.4, 0.5) is 0 Å². The van der Waals surface area contributed by atoms with Crippen molar-refractivity contribution in [3.63, 3.8) is 0 Å². The first-order chi connectivity index (χ1) is 9.69. The first kappa shape index (κ1) is 14.1. The Hall–Kier alpha value is -0.870. The molecule has 0 amide bonds. The number of aromatic amines is 1. The van der Waals surface area contributed by atoms with E-state index in [2.05, 4.69) is 21.5 Å². The normalized spacial score (nSPS) is 23.3. The zero-order chi connectivity index (χ0) is 14.1. The van der Waals surface area contributed by atoms with E-state index < -0.39 is 0 Å². The molecule has 0 spiro atoms. The Bertz CT molecular complexity index is 653. The molecule has 2 heterocycles. The van der Waals surface area contributed by atoms with Crippen molar-refractivity contribution in [1.29, 1.82) is 0 Å². The van der Waals surface area contributed by atoms with Crippen LogP contribution in [0, 0.1) is 10.7 Å². The van der Waals surface area contributed by atoms with Crippen LogP contribution < -0.4 is 0 Å².